The molecule has 0 aliphatic carbocycles. The normalized spacial score (nSPS) is 20.0. The molecule has 1 aliphatic rings. The molecule has 0 aromatic carbocycles. The Morgan fingerprint density at radius 3 is 1.40 bits per heavy atom. The van der Waals surface area contributed by atoms with Crippen molar-refractivity contribution < 1.29 is 44.2 Å². The fourth-order valence-corrected chi connectivity index (χ4v) is 7.97. The van der Waals surface area contributed by atoms with Crippen LogP contribution in [0.2, 0.25) is 0 Å². The second-order valence-corrected chi connectivity index (χ2v) is 18.0. The van der Waals surface area contributed by atoms with Crippen LogP contribution in [0, 0.1) is 0 Å². The van der Waals surface area contributed by atoms with Crippen molar-refractivity contribution in [1.29, 1.82) is 0 Å². The number of rotatable bonds is 45. The van der Waals surface area contributed by atoms with E-state index in [0.717, 1.165) is 57.8 Å². The average Bonchev–Trinajstić information content (AvgIpc) is 3.27. The molecule has 9 heteroatoms. The summed E-state index contributed by atoms with van der Waals surface area (Å²) in [5, 5.41) is 40.2. The number of hydrogen-bond acceptors (Lipinski definition) is 9. The van der Waals surface area contributed by atoms with E-state index in [0.29, 0.717) is 13.0 Å². The summed E-state index contributed by atoms with van der Waals surface area (Å²) in [6, 6.07) is 0. The van der Waals surface area contributed by atoms with Gasteiger partial charge in [0, 0.05) is 13.0 Å². The van der Waals surface area contributed by atoms with Crippen molar-refractivity contribution in [3.8, 4) is 0 Å². The summed E-state index contributed by atoms with van der Waals surface area (Å²) in [6.07, 6.45) is 47.4. The molecule has 6 unspecified atom stereocenters. The van der Waals surface area contributed by atoms with Crippen LogP contribution in [0.15, 0.2) is 36.5 Å². The quantitative estimate of drug-likeness (QED) is 0.0268. The summed E-state index contributed by atoms with van der Waals surface area (Å²) in [5.74, 6) is -0.314. The molecule has 1 rings (SSSR count). The highest BCUT2D eigenvalue weighted by Gasteiger charge is 2.44. The maximum absolute atomic E-state index is 12.8. The first kappa shape index (κ1) is 58.4. The number of carbonyl (C=O) groups is 1. The highest BCUT2D eigenvalue weighted by molar-refractivity contribution is 5.69. The molecule has 0 aromatic heterocycles. The zero-order chi connectivity index (χ0) is 45.0. The Labute approximate surface area is 380 Å². The minimum absolute atomic E-state index is 0.115. The first-order valence-corrected chi connectivity index (χ1v) is 26.1. The van der Waals surface area contributed by atoms with Gasteiger partial charge in [0.05, 0.1) is 19.8 Å². The lowest BCUT2D eigenvalue weighted by Gasteiger charge is -2.39. The van der Waals surface area contributed by atoms with Crippen molar-refractivity contribution in [3.63, 3.8) is 0 Å². The number of aliphatic hydroxyl groups excluding tert-OH is 4. The van der Waals surface area contributed by atoms with Crippen LogP contribution in [0.3, 0.4) is 0 Å². The van der Waals surface area contributed by atoms with Crippen molar-refractivity contribution >= 4 is 5.97 Å². The molecule has 1 saturated heterocycles. The summed E-state index contributed by atoms with van der Waals surface area (Å²) in [5.41, 5.74) is 0. The summed E-state index contributed by atoms with van der Waals surface area (Å²) in [6.45, 7) is 4.56. The summed E-state index contributed by atoms with van der Waals surface area (Å²) in [7, 11) is 0. The number of carbonyl (C=O) groups excluding carboxylic acids is 1. The van der Waals surface area contributed by atoms with E-state index in [-0.39, 0.29) is 19.2 Å². The molecule has 0 bridgehead atoms. The van der Waals surface area contributed by atoms with E-state index in [1.165, 1.54) is 154 Å². The van der Waals surface area contributed by atoms with E-state index in [2.05, 4.69) is 50.3 Å². The second-order valence-electron chi connectivity index (χ2n) is 18.0. The molecular weight excluding hydrogens is 781 g/mol. The largest absolute Gasteiger partial charge is 0.457 e. The summed E-state index contributed by atoms with van der Waals surface area (Å²) < 4.78 is 22.9. The molecule has 1 heterocycles. The van der Waals surface area contributed by atoms with Gasteiger partial charge in [-0.2, -0.15) is 0 Å². The Kier molecular flexibility index (Phi) is 42.0. The molecule has 1 fully saturated rings. The average molecular weight is 879 g/mol. The summed E-state index contributed by atoms with van der Waals surface area (Å²) in [4.78, 5) is 12.8. The monoisotopic (exact) mass is 879 g/mol. The minimum Gasteiger partial charge on any atom is -0.457 e. The summed E-state index contributed by atoms with van der Waals surface area (Å²) >= 11 is 0. The predicted octanol–water partition coefficient (Wildman–Crippen LogP) is 12.7. The third kappa shape index (κ3) is 34.8. The Balaban J connectivity index is 2.20. The van der Waals surface area contributed by atoms with Crippen LogP contribution in [0.25, 0.3) is 0 Å². The van der Waals surface area contributed by atoms with Crippen LogP contribution in [-0.4, -0.2) is 89.6 Å². The van der Waals surface area contributed by atoms with E-state index in [9.17, 15) is 25.2 Å². The van der Waals surface area contributed by atoms with Gasteiger partial charge < -0.3 is 39.4 Å². The lowest BCUT2D eigenvalue weighted by molar-refractivity contribution is -0.305. The number of esters is 1. The van der Waals surface area contributed by atoms with E-state index in [4.69, 9.17) is 18.9 Å². The lowest BCUT2D eigenvalue weighted by Crippen LogP contribution is -2.59. The third-order valence-corrected chi connectivity index (χ3v) is 12.1. The van der Waals surface area contributed by atoms with Crippen LogP contribution in [0.4, 0.5) is 0 Å². The first-order chi connectivity index (χ1) is 30.4. The van der Waals surface area contributed by atoms with Crippen molar-refractivity contribution in [1.82, 2.24) is 0 Å². The smallest absolute Gasteiger partial charge is 0.306 e. The van der Waals surface area contributed by atoms with Gasteiger partial charge in [-0.1, -0.05) is 211 Å². The van der Waals surface area contributed by atoms with Gasteiger partial charge >= 0.3 is 5.97 Å². The van der Waals surface area contributed by atoms with E-state index in [1.54, 1.807) is 0 Å². The Bertz CT molecular complexity index is 1050. The number of hydrogen-bond donors (Lipinski definition) is 4. The van der Waals surface area contributed by atoms with Gasteiger partial charge in [0.2, 0.25) is 0 Å². The van der Waals surface area contributed by atoms with Gasteiger partial charge in [0.25, 0.3) is 0 Å². The molecule has 6 atom stereocenters. The molecule has 0 radical (unpaired) electrons. The molecule has 0 saturated carbocycles. The fourth-order valence-electron chi connectivity index (χ4n) is 7.97. The standard InChI is InChI=1S/C53H98O9/c1-3-5-7-9-11-13-15-17-19-21-22-23-24-25-27-29-31-33-35-37-39-41-43-59-45-47(46-60-53-52(58)51(57)50(56)48(44-54)62-53)61-49(55)42-40-38-36-34-32-30-28-26-20-18-16-14-12-10-8-6-4-2/h15,17,21-22,24-25,47-48,50-54,56-58H,3-14,16,18-20,23,26-46H2,1-2H3/b17-15-,22-21-,25-24-. The molecule has 62 heavy (non-hydrogen) atoms. The van der Waals surface area contributed by atoms with E-state index < -0.39 is 43.4 Å². The number of aliphatic hydroxyl groups is 4. The van der Waals surface area contributed by atoms with Crippen molar-refractivity contribution in [2.75, 3.05) is 26.4 Å². The maximum Gasteiger partial charge on any atom is 0.306 e. The van der Waals surface area contributed by atoms with Gasteiger partial charge in [-0.25, -0.2) is 0 Å². The van der Waals surface area contributed by atoms with Crippen molar-refractivity contribution in [2.45, 2.75) is 269 Å². The highest BCUT2D eigenvalue weighted by atomic mass is 16.7. The molecule has 4 N–H and O–H groups in total. The topological polar surface area (TPSA) is 135 Å². The third-order valence-electron chi connectivity index (χ3n) is 12.1. The van der Waals surface area contributed by atoms with E-state index >= 15 is 0 Å². The molecule has 0 aromatic rings. The molecule has 9 nitrogen and oxygen atoms in total. The van der Waals surface area contributed by atoms with Crippen molar-refractivity contribution in [2.24, 2.45) is 0 Å². The van der Waals surface area contributed by atoms with E-state index in [1.807, 2.05) is 0 Å². The zero-order valence-electron chi connectivity index (χ0n) is 40.1. The maximum atomic E-state index is 12.8. The second kappa shape index (κ2) is 44.6. The molecule has 0 spiro atoms. The van der Waals surface area contributed by atoms with Crippen LogP contribution >= 0.6 is 0 Å². The predicted molar refractivity (Wildman–Crippen MR) is 256 cm³/mol. The van der Waals surface area contributed by atoms with Gasteiger partial charge in [-0.05, 0) is 51.4 Å². The van der Waals surface area contributed by atoms with Crippen LogP contribution in [-0.2, 0) is 23.7 Å². The molecule has 364 valence electrons. The minimum atomic E-state index is -1.54. The Morgan fingerprint density at radius 2 is 0.935 bits per heavy atom. The number of allylic oxidation sites excluding steroid dienone is 6. The molecular formula is C53H98O9. The zero-order valence-corrected chi connectivity index (χ0v) is 40.1. The Morgan fingerprint density at radius 1 is 0.516 bits per heavy atom. The SMILES string of the molecule is CCCCCCC/C=C\C/C=C\C/C=C\CCCCCCCCCOCC(COC1OC(CO)C(O)C(O)C1O)OC(=O)CCCCCCCCCCCCCCCCCCC. The van der Waals surface area contributed by atoms with Crippen LogP contribution in [0.1, 0.15) is 232 Å². The van der Waals surface area contributed by atoms with Crippen LogP contribution in [0.5, 0.6) is 0 Å². The van der Waals surface area contributed by atoms with Gasteiger partial charge in [-0.3, -0.25) is 4.79 Å². The van der Waals surface area contributed by atoms with Crippen LogP contribution < -0.4 is 0 Å². The van der Waals surface area contributed by atoms with Gasteiger partial charge in [-0.15, -0.1) is 0 Å². The number of unbranched alkanes of at least 4 members (excludes halogenated alkanes) is 28. The fraction of sp³-hybridized carbons (Fsp3) is 0.868. The number of ether oxygens (including phenoxy) is 4. The van der Waals surface area contributed by atoms with Gasteiger partial charge in [0.1, 0.15) is 30.5 Å². The first-order valence-electron chi connectivity index (χ1n) is 26.1. The van der Waals surface area contributed by atoms with Gasteiger partial charge in [0.15, 0.2) is 6.29 Å². The molecule has 0 amide bonds. The highest BCUT2D eigenvalue weighted by Crippen LogP contribution is 2.23. The van der Waals surface area contributed by atoms with Crippen molar-refractivity contribution in [3.05, 3.63) is 36.5 Å². The Hall–Kier alpha value is -1.59. The molecule has 1 aliphatic heterocycles. The lowest BCUT2D eigenvalue weighted by atomic mass is 9.99.